The summed E-state index contributed by atoms with van der Waals surface area (Å²) in [4.78, 5) is 4.14. The molecule has 0 aromatic carbocycles. The van der Waals surface area contributed by atoms with Crippen LogP contribution in [0.25, 0.3) is 11.3 Å². The van der Waals surface area contributed by atoms with E-state index in [4.69, 9.17) is 4.42 Å². The van der Waals surface area contributed by atoms with Gasteiger partial charge in [-0.2, -0.15) is 0 Å². The van der Waals surface area contributed by atoms with Crippen molar-refractivity contribution in [3.05, 3.63) is 39.7 Å². The summed E-state index contributed by atoms with van der Waals surface area (Å²) in [6.07, 6.45) is 1.65. The highest BCUT2D eigenvalue weighted by Gasteiger charge is 2.03. The highest BCUT2D eigenvalue weighted by atomic mass is 79.9. The fraction of sp³-hybridized carbons (Fsp3) is 0. The van der Waals surface area contributed by atoms with Crippen molar-refractivity contribution in [1.82, 2.24) is 4.98 Å². The minimum Gasteiger partial charge on any atom is -0.464 e. The zero-order valence-corrected chi connectivity index (χ0v) is 9.67. The topological polar surface area (TPSA) is 26.0 Å². The van der Waals surface area contributed by atoms with Gasteiger partial charge in [-0.1, -0.05) is 0 Å². The number of aromatic nitrogens is 1. The van der Waals surface area contributed by atoms with Crippen LogP contribution in [0.2, 0.25) is 0 Å². The van der Waals surface area contributed by atoms with Gasteiger partial charge in [0.25, 0.3) is 0 Å². The molecule has 0 radical (unpaired) electrons. The molecule has 0 aliphatic rings. The SMILES string of the molecule is Brc1cc(-c2ccco2)cc(Br)n1. The highest BCUT2D eigenvalue weighted by molar-refractivity contribution is 9.11. The standard InChI is InChI=1S/C9H5Br2NO/c10-8-4-6(5-9(11)12-8)7-2-1-3-13-7/h1-5H. The molecular formula is C9H5Br2NO. The fourth-order valence-electron chi connectivity index (χ4n) is 1.05. The summed E-state index contributed by atoms with van der Waals surface area (Å²) < 4.78 is 6.83. The summed E-state index contributed by atoms with van der Waals surface area (Å²) in [6, 6.07) is 7.58. The first-order valence-corrected chi connectivity index (χ1v) is 5.21. The number of nitrogens with zero attached hydrogens (tertiary/aromatic N) is 1. The van der Waals surface area contributed by atoms with Crippen molar-refractivity contribution < 1.29 is 4.42 Å². The van der Waals surface area contributed by atoms with Crippen LogP contribution in [-0.4, -0.2) is 4.98 Å². The number of rotatable bonds is 1. The lowest BCUT2D eigenvalue weighted by Crippen LogP contribution is -1.80. The molecule has 0 N–H and O–H groups in total. The molecular weight excluding hydrogens is 298 g/mol. The number of pyridine rings is 1. The van der Waals surface area contributed by atoms with Gasteiger partial charge in [-0.3, -0.25) is 0 Å². The van der Waals surface area contributed by atoms with Gasteiger partial charge in [0.15, 0.2) is 0 Å². The van der Waals surface area contributed by atoms with Crippen LogP contribution in [-0.2, 0) is 0 Å². The maximum atomic E-state index is 5.26. The van der Waals surface area contributed by atoms with Gasteiger partial charge in [0.05, 0.1) is 6.26 Å². The van der Waals surface area contributed by atoms with E-state index in [2.05, 4.69) is 36.8 Å². The van der Waals surface area contributed by atoms with Crippen molar-refractivity contribution in [3.63, 3.8) is 0 Å². The molecule has 0 atom stereocenters. The van der Waals surface area contributed by atoms with Crippen LogP contribution in [0.4, 0.5) is 0 Å². The van der Waals surface area contributed by atoms with Gasteiger partial charge < -0.3 is 4.42 Å². The van der Waals surface area contributed by atoms with Crippen LogP contribution in [0.3, 0.4) is 0 Å². The van der Waals surface area contributed by atoms with Crippen molar-refractivity contribution in [2.45, 2.75) is 0 Å². The van der Waals surface area contributed by atoms with E-state index < -0.39 is 0 Å². The number of hydrogen-bond acceptors (Lipinski definition) is 2. The van der Waals surface area contributed by atoms with Crippen LogP contribution in [0, 0.1) is 0 Å². The maximum absolute atomic E-state index is 5.26. The third-order valence-electron chi connectivity index (χ3n) is 1.57. The van der Waals surface area contributed by atoms with Crippen LogP contribution >= 0.6 is 31.9 Å². The van der Waals surface area contributed by atoms with Gasteiger partial charge in [-0.25, -0.2) is 4.98 Å². The van der Waals surface area contributed by atoms with Gasteiger partial charge in [-0.15, -0.1) is 0 Å². The Morgan fingerprint density at radius 3 is 2.38 bits per heavy atom. The Bertz CT molecular complexity index is 391. The van der Waals surface area contributed by atoms with Crippen LogP contribution in [0.1, 0.15) is 0 Å². The number of hydrogen-bond donors (Lipinski definition) is 0. The van der Waals surface area contributed by atoms with Crippen LogP contribution in [0.5, 0.6) is 0 Å². The zero-order chi connectivity index (χ0) is 9.26. The summed E-state index contributed by atoms with van der Waals surface area (Å²) in [5, 5.41) is 0. The van der Waals surface area contributed by atoms with E-state index in [0.717, 1.165) is 20.5 Å². The zero-order valence-electron chi connectivity index (χ0n) is 6.50. The first kappa shape index (κ1) is 8.97. The average molecular weight is 303 g/mol. The molecule has 66 valence electrons. The first-order valence-electron chi connectivity index (χ1n) is 3.63. The molecule has 2 aromatic heterocycles. The summed E-state index contributed by atoms with van der Waals surface area (Å²) in [7, 11) is 0. The summed E-state index contributed by atoms with van der Waals surface area (Å²) in [6.45, 7) is 0. The maximum Gasteiger partial charge on any atom is 0.134 e. The summed E-state index contributed by atoms with van der Waals surface area (Å²) >= 11 is 6.63. The van der Waals surface area contributed by atoms with Crippen LogP contribution < -0.4 is 0 Å². The van der Waals surface area contributed by atoms with E-state index in [1.54, 1.807) is 6.26 Å². The third kappa shape index (κ3) is 2.00. The lowest BCUT2D eigenvalue weighted by Gasteiger charge is -1.98. The molecule has 0 saturated heterocycles. The van der Waals surface area contributed by atoms with Crippen LogP contribution in [0.15, 0.2) is 44.2 Å². The van der Waals surface area contributed by atoms with E-state index in [0.29, 0.717) is 0 Å². The minimum absolute atomic E-state index is 0.785. The molecule has 2 rings (SSSR count). The molecule has 0 saturated carbocycles. The van der Waals surface area contributed by atoms with E-state index in [9.17, 15) is 0 Å². The number of furan rings is 1. The molecule has 0 bridgehead atoms. The van der Waals surface area contributed by atoms with Gasteiger partial charge in [0.2, 0.25) is 0 Å². The van der Waals surface area contributed by atoms with Gasteiger partial charge >= 0.3 is 0 Å². The average Bonchev–Trinajstić information content (AvgIpc) is 2.53. The van der Waals surface area contributed by atoms with Crippen molar-refractivity contribution in [1.29, 1.82) is 0 Å². The van der Waals surface area contributed by atoms with E-state index in [1.807, 2.05) is 24.3 Å². The predicted molar refractivity (Wildman–Crippen MR) is 57.3 cm³/mol. The molecule has 13 heavy (non-hydrogen) atoms. The second-order valence-corrected chi connectivity index (χ2v) is 4.10. The van der Waals surface area contributed by atoms with E-state index >= 15 is 0 Å². The Morgan fingerprint density at radius 2 is 1.85 bits per heavy atom. The molecule has 0 amide bonds. The Labute approximate surface area is 92.2 Å². The third-order valence-corrected chi connectivity index (χ3v) is 2.38. The van der Waals surface area contributed by atoms with Crippen molar-refractivity contribution in [2.24, 2.45) is 0 Å². The van der Waals surface area contributed by atoms with Crippen molar-refractivity contribution in [2.75, 3.05) is 0 Å². The molecule has 4 heteroatoms. The molecule has 2 aromatic rings. The molecule has 0 aliphatic carbocycles. The largest absolute Gasteiger partial charge is 0.464 e. The monoisotopic (exact) mass is 301 g/mol. The molecule has 0 aliphatic heterocycles. The first-order chi connectivity index (χ1) is 6.25. The van der Waals surface area contributed by atoms with Gasteiger partial charge in [0, 0.05) is 5.56 Å². The van der Waals surface area contributed by atoms with Gasteiger partial charge in [0.1, 0.15) is 15.0 Å². The Kier molecular flexibility index (Phi) is 2.51. The molecule has 0 unspecified atom stereocenters. The lowest BCUT2D eigenvalue weighted by molar-refractivity contribution is 0.582. The number of halogens is 2. The Morgan fingerprint density at radius 1 is 1.15 bits per heavy atom. The molecule has 0 fully saturated rings. The predicted octanol–water partition coefficient (Wildman–Crippen LogP) is 3.87. The quantitative estimate of drug-likeness (QED) is 0.748. The van der Waals surface area contributed by atoms with E-state index in [-0.39, 0.29) is 0 Å². The Hall–Kier alpha value is -0.610. The molecule has 0 spiro atoms. The highest BCUT2D eigenvalue weighted by Crippen LogP contribution is 2.25. The van der Waals surface area contributed by atoms with E-state index in [1.165, 1.54) is 0 Å². The second kappa shape index (κ2) is 3.64. The summed E-state index contributed by atoms with van der Waals surface area (Å²) in [5.41, 5.74) is 0.999. The lowest BCUT2D eigenvalue weighted by atomic mass is 10.2. The summed E-state index contributed by atoms with van der Waals surface area (Å²) in [5.74, 6) is 0.837. The molecule has 2 nitrogen and oxygen atoms in total. The minimum atomic E-state index is 0.785. The van der Waals surface area contributed by atoms with Gasteiger partial charge in [-0.05, 0) is 56.1 Å². The molecule has 2 heterocycles. The Balaban J connectivity index is 2.53. The fourth-order valence-corrected chi connectivity index (χ4v) is 2.16. The second-order valence-electron chi connectivity index (χ2n) is 2.48. The normalized spacial score (nSPS) is 10.3. The smallest absolute Gasteiger partial charge is 0.134 e. The van der Waals surface area contributed by atoms with Crippen molar-refractivity contribution in [3.8, 4) is 11.3 Å². The van der Waals surface area contributed by atoms with Crippen molar-refractivity contribution >= 4 is 31.9 Å².